The van der Waals surface area contributed by atoms with E-state index in [1.54, 1.807) is 13.1 Å². The van der Waals surface area contributed by atoms with Crippen LogP contribution < -0.4 is 20.1 Å². The Morgan fingerprint density at radius 2 is 1.81 bits per heavy atom. The molecule has 0 bridgehead atoms. The Kier molecular flexibility index (Phi) is 5.37. The minimum atomic E-state index is -0.427. The number of anilines is 1. The van der Waals surface area contributed by atoms with Gasteiger partial charge in [0.15, 0.2) is 11.5 Å². The van der Waals surface area contributed by atoms with Crippen molar-refractivity contribution in [3.05, 3.63) is 22.2 Å². The summed E-state index contributed by atoms with van der Waals surface area (Å²) in [4.78, 5) is 12.7. The minimum Gasteiger partial charge on any atom is -0.493 e. The number of methoxy groups -OCH3 is 2. The minimum absolute atomic E-state index is 0.0250. The topological polar surface area (TPSA) is 90.9 Å². The highest BCUT2D eigenvalue weighted by molar-refractivity contribution is 5.69. The molecular weight excluding hydrogens is 274 g/mol. The molecule has 0 saturated heterocycles. The summed E-state index contributed by atoms with van der Waals surface area (Å²) in [6, 6.07) is 2.99. The molecule has 1 rings (SSSR count). The molecule has 0 saturated carbocycles. The number of benzene rings is 1. The van der Waals surface area contributed by atoms with Gasteiger partial charge >= 0.3 is 0 Å². The van der Waals surface area contributed by atoms with E-state index >= 15 is 0 Å². The first kappa shape index (κ1) is 17.0. The van der Waals surface area contributed by atoms with Crippen molar-refractivity contribution in [3.8, 4) is 11.5 Å². The van der Waals surface area contributed by atoms with Gasteiger partial charge in [0, 0.05) is 19.7 Å². The summed E-state index contributed by atoms with van der Waals surface area (Å²) < 4.78 is 10.3. The standard InChI is InChI=1S/C14H23N3O4/c1-14(2,8-15)9-16(3)10-6-12(20-4)13(21-5)7-11(10)17(18)19/h6-7H,8-9,15H2,1-5H3. The van der Waals surface area contributed by atoms with Crippen molar-refractivity contribution in [1.82, 2.24) is 0 Å². The first-order chi connectivity index (χ1) is 9.75. The van der Waals surface area contributed by atoms with E-state index < -0.39 is 4.92 Å². The van der Waals surface area contributed by atoms with Gasteiger partial charge < -0.3 is 20.1 Å². The maximum Gasteiger partial charge on any atom is 0.296 e. The average Bonchev–Trinajstić information content (AvgIpc) is 2.45. The second-order valence-corrected chi connectivity index (χ2v) is 5.68. The van der Waals surface area contributed by atoms with Crippen LogP contribution in [0.25, 0.3) is 0 Å². The van der Waals surface area contributed by atoms with Crippen molar-refractivity contribution >= 4 is 11.4 Å². The summed E-state index contributed by atoms with van der Waals surface area (Å²) >= 11 is 0. The monoisotopic (exact) mass is 297 g/mol. The number of hydrogen-bond donors (Lipinski definition) is 1. The summed E-state index contributed by atoms with van der Waals surface area (Å²) in [6.07, 6.45) is 0. The molecule has 21 heavy (non-hydrogen) atoms. The van der Waals surface area contributed by atoms with Crippen molar-refractivity contribution in [3.63, 3.8) is 0 Å². The van der Waals surface area contributed by atoms with Crippen LogP contribution in [-0.2, 0) is 0 Å². The third-order valence-corrected chi connectivity index (χ3v) is 3.31. The molecule has 0 fully saturated rings. The van der Waals surface area contributed by atoms with E-state index in [2.05, 4.69) is 0 Å². The summed E-state index contributed by atoms with van der Waals surface area (Å²) in [6.45, 7) is 5.09. The molecule has 0 aliphatic rings. The van der Waals surface area contributed by atoms with Crippen LogP contribution in [0.3, 0.4) is 0 Å². The van der Waals surface area contributed by atoms with Crippen LogP contribution in [0.4, 0.5) is 11.4 Å². The molecule has 0 radical (unpaired) electrons. The van der Waals surface area contributed by atoms with Crippen molar-refractivity contribution < 1.29 is 14.4 Å². The van der Waals surface area contributed by atoms with Crippen molar-refractivity contribution in [1.29, 1.82) is 0 Å². The lowest BCUT2D eigenvalue weighted by Crippen LogP contribution is -2.37. The zero-order chi connectivity index (χ0) is 16.2. The highest BCUT2D eigenvalue weighted by atomic mass is 16.6. The van der Waals surface area contributed by atoms with Crippen LogP contribution in [0.15, 0.2) is 12.1 Å². The molecule has 7 nitrogen and oxygen atoms in total. The zero-order valence-electron chi connectivity index (χ0n) is 13.2. The Balaban J connectivity index is 3.29. The summed E-state index contributed by atoms with van der Waals surface area (Å²) in [7, 11) is 4.74. The van der Waals surface area contributed by atoms with Crippen LogP contribution in [0, 0.1) is 15.5 Å². The van der Waals surface area contributed by atoms with Gasteiger partial charge in [-0.3, -0.25) is 10.1 Å². The molecule has 0 unspecified atom stereocenters. The fraction of sp³-hybridized carbons (Fsp3) is 0.571. The second kappa shape index (κ2) is 6.62. The van der Waals surface area contributed by atoms with Crippen molar-refractivity contribution in [2.45, 2.75) is 13.8 Å². The molecule has 0 atom stereocenters. The lowest BCUT2D eigenvalue weighted by atomic mass is 9.93. The van der Waals surface area contributed by atoms with E-state index in [9.17, 15) is 10.1 Å². The van der Waals surface area contributed by atoms with Gasteiger partial charge in [-0.15, -0.1) is 0 Å². The quantitative estimate of drug-likeness (QED) is 0.611. The molecular formula is C14H23N3O4. The van der Waals surface area contributed by atoms with Gasteiger partial charge in [0.1, 0.15) is 5.69 Å². The normalized spacial score (nSPS) is 11.1. The molecule has 1 aromatic carbocycles. The third kappa shape index (κ3) is 3.98. The molecule has 7 heteroatoms. The molecule has 2 N–H and O–H groups in total. The van der Waals surface area contributed by atoms with E-state index in [1.165, 1.54) is 20.3 Å². The van der Waals surface area contributed by atoms with Gasteiger partial charge in [0.2, 0.25) is 0 Å². The summed E-state index contributed by atoms with van der Waals surface area (Å²) in [5, 5.41) is 11.3. The predicted octanol–water partition coefficient (Wildman–Crippen LogP) is 2.03. The Morgan fingerprint density at radius 3 is 2.24 bits per heavy atom. The predicted molar refractivity (Wildman–Crippen MR) is 82.3 cm³/mol. The highest BCUT2D eigenvalue weighted by Crippen LogP contribution is 2.39. The molecule has 1 aromatic rings. The van der Waals surface area contributed by atoms with E-state index in [4.69, 9.17) is 15.2 Å². The highest BCUT2D eigenvalue weighted by Gasteiger charge is 2.25. The van der Waals surface area contributed by atoms with Crippen LogP contribution in [-0.4, -0.2) is 39.3 Å². The Hall–Kier alpha value is -2.02. The number of nitro benzene ring substituents is 1. The first-order valence-corrected chi connectivity index (χ1v) is 6.57. The maximum absolute atomic E-state index is 11.3. The van der Waals surface area contributed by atoms with Gasteiger partial charge in [-0.25, -0.2) is 0 Å². The van der Waals surface area contributed by atoms with E-state index in [0.717, 1.165) is 0 Å². The van der Waals surface area contributed by atoms with Crippen molar-refractivity contribution in [2.24, 2.45) is 11.1 Å². The van der Waals surface area contributed by atoms with Crippen molar-refractivity contribution in [2.75, 3.05) is 39.3 Å². The summed E-state index contributed by atoms with van der Waals surface area (Å²) in [5.41, 5.74) is 6.02. The van der Waals surface area contributed by atoms with E-state index in [1.807, 2.05) is 18.7 Å². The molecule has 0 heterocycles. The lowest BCUT2D eigenvalue weighted by molar-refractivity contribution is -0.384. The molecule has 0 spiro atoms. The number of nitrogens with zero attached hydrogens (tertiary/aromatic N) is 2. The molecule has 0 aliphatic heterocycles. The Bertz CT molecular complexity index is 517. The Labute approximate surface area is 124 Å². The van der Waals surface area contributed by atoms with E-state index in [0.29, 0.717) is 30.3 Å². The van der Waals surface area contributed by atoms with E-state index in [-0.39, 0.29) is 11.1 Å². The Morgan fingerprint density at radius 1 is 1.29 bits per heavy atom. The van der Waals surface area contributed by atoms with Gasteiger partial charge in [-0.1, -0.05) is 13.8 Å². The third-order valence-electron chi connectivity index (χ3n) is 3.31. The number of ether oxygens (including phenoxy) is 2. The second-order valence-electron chi connectivity index (χ2n) is 5.68. The van der Waals surface area contributed by atoms with Crippen LogP contribution in [0.5, 0.6) is 11.5 Å². The lowest BCUT2D eigenvalue weighted by Gasteiger charge is -2.30. The van der Waals surface area contributed by atoms with Crippen LogP contribution in [0.2, 0.25) is 0 Å². The maximum atomic E-state index is 11.3. The average molecular weight is 297 g/mol. The number of hydrogen-bond acceptors (Lipinski definition) is 6. The number of nitrogens with two attached hydrogens (primary N) is 1. The zero-order valence-corrected chi connectivity index (χ0v) is 13.2. The van der Waals surface area contributed by atoms with Gasteiger partial charge in [0.25, 0.3) is 5.69 Å². The first-order valence-electron chi connectivity index (χ1n) is 6.57. The molecule has 0 aromatic heterocycles. The SMILES string of the molecule is COc1cc(N(C)CC(C)(C)CN)c([N+](=O)[O-])cc1OC. The fourth-order valence-corrected chi connectivity index (χ4v) is 2.10. The molecule has 118 valence electrons. The van der Waals surface area contributed by atoms with Crippen LogP contribution >= 0.6 is 0 Å². The largest absolute Gasteiger partial charge is 0.493 e. The fourth-order valence-electron chi connectivity index (χ4n) is 2.10. The van der Waals surface area contributed by atoms with Gasteiger partial charge in [-0.05, 0) is 12.0 Å². The molecule has 0 aliphatic carbocycles. The summed E-state index contributed by atoms with van der Waals surface area (Å²) in [5.74, 6) is 0.787. The van der Waals surface area contributed by atoms with Crippen LogP contribution in [0.1, 0.15) is 13.8 Å². The van der Waals surface area contributed by atoms with Gasteiger partial charge in [0.05, 0.1) is 25.2 Å². The number of nitro groups is 1. The smallest absolute Gasteiger partial charge is 0.296 e. The number of rotatable bonds is 7. The molecule has 0 amide bonds. The van der Waals surface area contributed by atoms with Gasteiger partial charge in [-0.2, -0.15) is 0 Å².